The minimum Gasteiger partial charge on any atom is -0.323 e. The fourth-order valence-corrected chi connectivity index (χ4v) is 2.13. The zero-order chi connectivity index (χ0) is 14.8. The molecular formula is C14H16N6O. The van der Waals surface area contributed by atoms with Crippen LogP contribution < -0.4 is 11.3 Å². The van der Waals surface area contributed by atoms with Crippen LogP contribution in [0.4, 0.5) is 0 Å². The summed E-state index contributed by atoms with van der Waals surface area (Å²) in [5, 5.41) is 8.63. The van der Waals surface area contributed by atoms with Crippen molar-refractivity contribution >= 4 is 10.9 Å². The number of nitrogens with zero attached hydrogens (tertiary/aromatic N) is 4. The Labute approximate surface area is 120 Å². The molecule has 2 aromatic heterocycles. The van der Waals surface area contributed by atoms with Gasteiger partial charge < -0.3 is 10.7 Å². The topological polar surface area (TPSA) is 102 Å². The van der Waals surface area contributed by atoms with Crippen LogP contribution in [0.15, 0.2) is 35.3 Å². The lowest BCUT2D eigenvalue weighted by Gasteiger charge is -2.03. The Morgan fingerprint density at radius 3 is 3.00 bits per heavy atom. The van der Waals surface area contributed by atoms with Crippen LogP contribution in [-0.4, -0.2) is 25.0 Å². The van der Waals surface area contributed by atoms with Gasteiger partial charge in [0.2, 0.25) is 0 Å². The van der Waals surface area contributed by atoms with E-state index in [2.05, 4.69) is 20.3 Å². The van der Waals surface area contributed by atoms with Crippen molar-refractivity contribution in [3.63, 3.8) is 0 Å². The van der Waals surface area contributed by atoms with E-state index in [9.17, 15) is 4.79 Å². The Morgan fingerprint density at radius 2 is 2.19 bits per heavy atom. The minimum absolute atomic E-state index is 0.123. The zero-order valence-electron chi connectivity index (χ0n) is 11.7. The molecule has 1 unspecified atom stereocenters. The summed E-state index contributed by atoms with van der Waals surface area (Å²) in [7, 11) is 0. The number of rotatable bonds is 4. The highest BCUT2D eigenvalue weighted by atomic mass is 16.1. The number of para-hydroxylation sites is 1. The van der Waals surface area contributed by atoms with Gasteiger partial charge in [-0.1, -0.05) is 24.3 Å². The Kier molecular flexibility index (Phi) is 3.49. The van der Waals surface area contributed by atoms with E-state index < -0.39 is 0 Å². The monoisotopic (exact) mass is 284 g/mol. The summed E-state index contributed by atoms with van der Waals surface area (Å²) in [6.07, 6.45) is 2.58. The van der Waals surface area contributed by atoms with Crippen molar-refractivity contribution in [1.29, 1.82) is 0 Å². The second-order valence-corrected chi connectivity index (χ2v) is 4.89. The number of H-pyrrole nitrogens is 1. The molecule has 0 aliphatic carbocycles. The summed E-state index contributed by atoms with van der Waals surface area (Å²) in [4.78, 5) is 19.2. The number of hydrogen-bond donors (Lipinski definition) is 2. The molecule has 1 aromatic carbocycles. The van der Waals surface area contributed by atoms with Crippen LogP contribution >= 0.6 is 0 Å². The summed E-state index contributed by atoms with van der Waals surface area (Å²) in [6, 6.07) is 7.11. The van der Waals surface area contributed by atoms with Gasteiger partial charge >= 0.3 is 0 Å². The Morgan fingerprint density at radius 1 is 1.38 bits per heavy atom. The fraction of sp³-hybridized carbons (Fsp3) is 0.286. The van der Waals surface area contributed by atoms with Crippen LogP contribution in [0.5, 0.6) is 0 Å². The third-order valence-electron chi connectivity index (χ3n) is 3.35. The average molecular weight is 284 g/mol. The standard InChI is InChI=1S/C14H16N6O/c1-2-10(15)12-7-20(19-18-12)8-13-16-11-6-4-3-5-9(11)14(21)17-13/h3-7,10H,2,8,15H2,1H3,(H,16,17,21). The molecule has 0 aliphatic heterocycles. The summed E-state index contributed by atoms with van der Waals surface area (Å²) >= 11 is 0. The first-order valence-corrected chi connectivity index (χ1v) is 6.81. The second kappa shape index (κ2) is 5.45. The van der Waals surface area contributed by atoms with Crippen LogP contribution in [0.1, 0.15) is 30.9 Å². The summed E-state index contributed by atoms with van der Waals surface area (Å²) in [6.45, 7) is 2.34. The number of fused-ring (bicyclic) bond motifs is 1. The van der Waals surface area contributed by atoms with Crippen molar-refractivity contribution in [3.8, 4) is 0 Å². The normalized spacial score (nSPS) is 12.7. The van der Waals surface area contributed by atoms with E-state index in [0.29, 0.717) is 23.3 Å². The number of nitrogens with two attached hydrogens (primary N) is 1. The molecule has 7 nitrogen and oxygen atoms in total. The van der Waals surface area contributed by atoms with Gasteiger partial charge in [0.05, 0.1) is 28.8 Å². The molecule has 0 spiro atoms. The fourth-order valence-electron chi connectivity index (χ4n) is 2.13. The molecule has 0 fully saturated rings. The van der Waals surface area contributed by atoms with Crippen LogP contribution in [0.2, 0.25) is 0 Å². The van der Waals surface area contributed by atoms with Crippen molar-refractivity contribution in [3.05, 3.63) is 52.3 Å². The van der Waals surface area contributed by atoms with E-state index in [0.717, 1.165) is 12.1 Å². The van der Waals surface area contributed by atoms with Crippen LogP contribution in [0, 0.1) is 0 Å². The molecular weight excluding hydrogens is 268 g/mol. The molecule has 0 saturated carbocycles. The van der Waals surface area contributed by atoms with Crippen LogP contribution in [0.25, 0.3) is 10.9 Å². The lowest BCUT2D eigenvalue weighted by Crippen LogP contribution is -2.14. The Hall–Kier alpha value is -2.54. The van der Waals surface area contributed by atoms with Gasteiger partial charge in [-0.15, -0.1) is 5.10 Å². The maximum Gasteiger partial charge on any atom is 0.258 e. The Bertz CT molecular complexity index is 821. The van der Waals surface area contributed by atoms with Gasteiger partial charge in [0, 0.05) is 0 Å². The molecule has 0 aliphatic rings. The van der Waals surface area contributed by atoms with Crippen LogP contribution in [0.3, 0.4) is 0 Å². The summed E-state index contributed by atoms with van der Waals surface area (Å²) < 4.78 is 1.62. The highest BCUT2D eigenvalue weighted by Crippen LogP contribution is 2.10. The van der Waals surface area contributed by atoms with E-state index in [4.69, 9.17) is 5.73 Å². The minimum atomic E-state index is -0.152. The second-order valence-electron chi connectivity index (χ2n) is 4.89. The smallest absolute Gasteiger partial charge is 0.258 e. The average Bonchev–Trinajstić information content (AvgIpc) is 2.95. The first kappa shape index (κ1) is 13.4. The number of aromatic nitrogens is 5. The lowest BCUT2D eigenvalue weighted by molar-refractivity contribution is 0.623. The van der Waals surface area contributed by atoms with E-state index in [1.807, 2.05) is 25.1 Å². The van der Waals surface area contributed by atoms with E-state index in [1.54, 1.807) is 16.9 Å². The van der Waals surface area contributed by atoms with Gasteiger partial charge in [-0.25, -0.2) is 9.67 Å². The molecule has 2 heterocycles. The molecule has 21 heavy (non-hydrogen) atoms. The molecule has 3 rings (SSSR count). The third-order valence-corrected chi connectivity index (χ3v) is 3.35. The maximum atomic E-state index is 12.0. The molecule has 0 radical (unpaired) electrons. The Balaban J connectivity index is 1.91. The molecule has 3 N–H and O–H groups in total. The molecule has 1 atom stereocenters. The largest absolute Gasteiger partial charge is 0.323 e. The number of benzene rings is 1. The highest BCUT2D eigenvalue weighted by Gasteiger charge is 2.10. The first-order valence-electron chi connectivity index (χ1n) is 6.81. The van der Waals surface area contributed by atoms with Gasteiger partial charge in [0.15, 0.2) is 0 Å². The molecule has 108 valence electrons. The van der Waals surface area contributed by atoms with Crippen molar-refractivity contribution < 1.29 is 0 Å². The predicted octanol–water partition coefficient (Wildman–Crippen LogP) is 0.973. The first-order chi connectivity index (χ1) is 10.2. The van der Waals surface area contributed by atoms with Crippen molar-refractivity contribution in [2.75, 3.05) is 0 Å². The molecule has 7 heteroatoms. The lowest BCUT2D eigenvalue weighted by atomic mass is 10.2. The molecule has 0 amide bonds. The predicted molar refractivity (Wildman–Crippen MR) is 78.7 cm³/mol. The molecule has 3 aromatic rings. The SMILES string of the molecule is CCC(N)c1cn(Cc2nc3ccccc3c(=O)[nH]2)nn1. The van der Waals surface area contributed by atoms with Crippen molar-refractivity contribution in [2.45, 2.75) is 25.9 Å². The quantitative estimate of drug-likeness (QED) is 0.743. The highest BCUT2D eigenvalue weighted by molar-refractivity contribution is 5.77. The van der Waals surface area contributed by atoms with Crippen molar-refractivity contribution in [2.24, 2.45) is 5.73 Å². The van der Waals surface area contributed by atoms with Gasteiger partial charge in [0.25, 0.3) is 5.56 Å². The van der Waals surface area contributed by atoms with Gasteiger partial charge in [-0.3, -0.25) is 4.79 Å². The van der Waals surface area contributed by atoms with Crippen LogP contribution in [-0.2, 0) is 6.54 Å². The van der Waals surface area contributed by atoms with E-state index in [1.165, 1.54) is 0 Å². The number of aromatic amines is 1. The number of hydrogen-bond acceptors (Lipinski definition) is 5. The van der Waals surface area contributed by atoms with E-state index in [-0.39, 0.29) is 11.6 Å². The van der Waals surface area contributed by atoms with Gasteiger partial charge in [-0.05, 0) is 18.6 Å². The number of nitrogens with one attached hydrogen (secondary N) is 1. The van der Waals surface area contributed by atoms with E-state index >= 15 is 0 Å². The zero-order valence-corrected chi connectivity index (χ0v) is 11.7. The summed E-state index contributed by atoms with van der Waals surface area (Å²) in [5.41, 5.74) is 7.16. The van der Waals surface area contributed by atoms with Gasteiger partial charge in [0.1, 0.15) is 12.4 Å². The maximum absolute atomic E-state index is 12.0. The van der Waals surface area contributed by atoms with Crippen molar-refractivity contribution in [1.82, 2.24) is 25.0 Å². The van der Waals surface area contributed by atoms with Gasteiger partial charge in [-0.2, -0.15) is 0 Å². The molecule has 0 bridgehead atoms. The summed E-state index contributed by atoms with van der Waals surface area (Å²) in [5.74, 6) is 0.542. The molecule has 0 saturated heterocycles. The third kappa shape index (κ3) is 2.68.